The van der Waals surface area contributed by atoms with E-state index in [4.69, 9.17) is 14.6 Å². The van der Waals surface area contributed by atoms with Gasteiger partial charge in [-0.1, -0.05) is 13.3 Å². The number of carboxylic acids is 1. The predicted molar refractivity (Wildman–Crippen MR) is 67.0 cm³/mol. The summed E-state index contributed by atoms with van der Waals surface area (Å²) in [5.74, 6) is -1.42. The quantitative estimate of drug-likeness (QED) is 0.463. The van der Waals surface area contributed by atoms with Crippen molar-refractivity contribution in [2.75, 3.05) is 13.7 Å². The highest BCUT2D eigenvalue weighted by molar-refractivity contribution is 5.93. The lowest BCUT2D eigenvalue weighted by Gasteiger charge is -2.10. The fraction of sp³-hybridized carbons (Fsp3) is 0.417. The molecule has 1 aromatic rings. The highest BCUT2D eigenvalue weighted by atomic mass is 16.6. The molecule has 0 saturated heterocycles. The van der Waals surface area contributed by atoms with Gasteiger partial charge in [0.2, 0.25) is 5.75 Å². The molecule has 0 aromatic heterocycles. The van der Waals surface area contributed by atoms with Crippen molar-refractivity contribution in [3.05, 3.63) is 27.8 Å². The summed E-state index contributed by atoms with van der Waals surface area (Å²) in [6, 6.07) is 2.35. The minimum atomic E-state index is -1.30. The Bertz CT molecular complexity index is 450. The van der Waals surface area contributed by atoms with Crippen LogP contribution in [0.4, 0.5) is 5.69 Å². The highest BCUT2D eigenvalue weighted by Crippen LogP contribution is 2.35. The van der Waals surface area contributed by atoms with Crippen LogP contribution in [0.15, 0.2) is 12.1 Å². The number of carbonyl (C=O) groups is 1. The number of hydrogen-bond donors (Lipinski definition) is 1. The maximum Gasteiger partial charge on any atom is 0.339 e. The van der Waals surface area contributed by atoms with Gasteiger partial charge in [0, 0.05) is 0 Å². The van der Waals surface area contributed by atoms with Crippen LogP contribution >= 0.6 is 0 Å². The Labute approximate surface area is 109 Å². The van der Waals surface area contributed by atoms with Crippen LogP contribution < -0.4 is 9.47 Å². The van der Waals surface area contributed by atoms with Crippen LogP contribution in [0.5, 0.6) is 11.5 Å². The Morgan fingerprint density at radius 3 is 2.63 bits per heavy atom. The zero-order chi connectivity index (χ0) is 14.4. The molecule has 0 unspecified atom stereocenters. The Hall–Kier alpha value is -2.31. The van der Waals surface area contributed by atoms with Gasteiger partial charge in [0.25, 0.3) is 0 Å². The van der Waals surface area contributed by atoms with Crippen molar-refractivity contribution in [1.29, 1.82) is 0 Å². The van der Waals surface area contributed by atoms with Crippen molar-refractivity contribution >= 4 is 11.7 Å². The molecule has 7 nitrogen and oxygen atoms in total. The van der Waals surface area contributed by atoms with Crippen LogP contribution in [0.25, 0.3) is 0 Å². The van der Waals surface area contributed by atoms with E-state index in [1.165, 1.54) is 13.2 Å². The first kappa shape index (κ1) is 14.7. The second-order valence-electron chi connectivity index (χ2n) is 3.79. The van der Waals surface area contributed by atoms with E-state index >= 15 is 0 Å². The molecule has 104 valence electrons. The molecule has 1 aromatic carbocycles. The Morgan fingerprint density at radius 1 is 1.47 bits per heavy atom. The van der Waals surface area contributed by atoms with Crippen molar-refractivity contribution < 1.29 is 24.3 Å². The molecule has 0 aliphatic carbocycles. The lowest BCUT2D eigenvalue weighted by atomic mass is 10.1. The second-order valence-corrected chi connectivity index (χ2v) is 3.79. The van der Waals surface area contributed by atoms with Crippen LogP contribution in [-0.2, 0) is 0 Å². The largest absolute Gasteiger partial charge is 0.496 e. The Morgan fingerprint density at radius 2 is 2.16 bits per heavy atom. The summed E-state index contributed by atoms with van der Waals surface area (Å²) in [4.78, 5) is 21.4. The fourth-order valence-electron chi connectivity index (χ4n) is 1.47. The molecule has 0 saturated carbocycles. The van der Waals surface area contributed by atoms with Gasteiger partial charge in [-0.3, -0.25) is 10.1 Å². The lowest BCUT2D eigenvalue weighted by Crippen LogP contribution is -2.07. The molecule has 0 radical (unpaired) electrons. The van der Waals surface area contributed by atoms with Gasteiger partial charge in [0.1, 0.15) is 11.3 Å². The number of aromatic carboxylic acids is 1. The monoisotopic (exact) mass is 269 g/mol. The minimum absolute atomic E-state index is 0.104. The maximum atomic E-state index is 11.1. The van der Waals surface area contributed by atoms with Gasteiger partial charge in [-0.05, 0) is 12.5 Å². The molecule has 1 N–H and O–H groups in total. The number of methoxy groups -OCH3 is 1. The van der Waals surface area contributed by atoms with Crippen molar-refractivity contribution in [1.82, 2.24) is 0 Å². The van der Waals surface area contributed by atoms with Gasteiger partial charge < -0.3 is 14.6 Å². The number of carboxylic acid groups (broad SMARTS) is 1. The number of nitro benzene ring substituents is 1. The van der Waals surface area contributed by atoms with Crippen LogP contribution in [0.1, 0.15) is 30.1 Å². The average molecular weight is 269 g/mol. The summed E-state index contributed by atoms with van der Waals surface area (Å²) in [6.07, 6.45) is 1.52. The van der Waals surface area contributed by atoms with Gasteiger partial charge in [-0.2, -0.15) is 0 Å². The molecule has 0 bridgehead atoms. The third kappa shape index (κ3) is 3.57. The first-order chi connectivity index (χ1) is 9.01. The van der Waals surface area contributed by atoms with Gasteiger partial charge in [0.05, 0.1) is 24.7 Å². The summed E-state index contributed by atoms with van der Waals surface area (Å²) in [7, 11) is 1.31. The lowest BCUT2D eigenvalue weighted by molar-refractivity contribution is -0.386. The van der Waals surface area contributed by atoms with E-state index < -0.39 is 16.6 Å². The summed E-state index contributed by atoms with van der Waals surface area (Å²) in [6.45, 7) is 2.16. The molecule has 7 heteroatoms. The average Bonchev–Trinajstić information content (AvgIpc) is 2.38. The number of nitrogens with zero attached hydrogens (tertiary/aromatic N) is 1. The number of rotatable bonds is 7. The van der Waals surface area contributed by atoms with E-state index in [9.17, 15) is 14.9 Å². The summed E-state index contributed by atoms with van der Waals surface area (Å²) in [5, 5.41) is 20.1. The number of benzene rings is 1. The van der Waals surface area contributed by atoms with Gasteiger partial charge in [-0.15, -0.1) is 0 Å². The van der Waals surface area contributed by atoms with Crippen molar-refractivity contribution in [3.8, 4) is 11.5 Å². The first-order valence-corrected chi connectivity index (χ1v) is 5.73. The summed E-state index contributed by atoms with van der Waals surface area (Å²) >= 11 is 0. The minimum Gasteiger partial charge on any atom is -0.496 e. The van der Waals surface area contributed by atoms with Crippen molar-refractivity contribution in [2.24, 2.45) is 0 Å². The van der Waals surface area contributed by atoms with Gasteiger partial charge in [-0.25, -0.2) is 4.79 Å². The molecule has 19 heavy (non-hydrogen) atoms. The molecule has 0 spiro atoms. The molecule has 0 amide bonds. The second kappa shape index (κ2) is 6.58. The number of hydrogen-bond acceptors (Lipinski definition) is 5. The van der Waals surface area contributed by atoms with Gasteiger partial charge in [0.15, 0.2) is 0 Å². The first-order valence-electron chi connectivity index (χ1n) is 5.73. The zero-order valence-electron chi connectivity index (χ0n) is 10.7. The molecule has 0 aliphatic rings. The van der Waals surface area contributed by atoms with Crippen LogP contribution in [0.3, 0.4) is 0 Å². The van der Waals surface area contributed by atoms with Crippen molar-refractivity contribution in [3.63, 3.8) is 0 Å². The highest BCUT2D eigenvalue weighted by Gasteiger charge is 2.25. The van der Waals surface area contributed by atoms with E-state index in [1.807, 2.05) is 6.92 Å². The summed E-state index contributed by atoms with van der Waals surface area (Å²) < 4.78 is 10.1. The SMILES string of the molecule is CCCCOc1c(C(=O)O)cc(OC)cc1[N+](=O)[O-]. The standard InChI is InChI=1S/C12H15NO6/c1-3-4-5-19-11-9(12(14)15)6-8(18-2)7-10(11)13(16)17/h6-7H,3-5H2,1-2H3,(H,14,15). The smallest absolute Gasteiger partial charge is 0.339 e. The fourth-order valence-corrected chi connectivity index (χ4v) is 1.47. The van der Waals surface area contributed by atoms with E-state index in [1.54, 1.807) is 0 Å². The topological polar surface area (TPSA) is 98.9 Å². The molecule has 0 fully saturated rings. The Kier molecular flexibility index (Phi) is 5.11. The molecule has 0 atom stereocenters. The third-order valence-corrected chi connectivity index (χ3v) is 2.45. The number of nitro groups is 1. The van der Waals surface area contributed by atoms with Crippen LogP contribution in [-0.4, -0.2) is 29.7 Å². The molecule has 0 heterocycles. The van der Waals surface area contributed by atoms with Crippen LogP contribution in [0.2, 0.25) is 0 Å². The summed E-state index contributed by atoms with van der Waals surface area (Å²) in [5.41, 5.74) is -0.685. The van der Waals surface area contributed by atoms with Crippen LogP contribution in [0, 0.1) is 10.1 Å². The zero-order valence-corrected chi connectivity index (χ0v) is 10.7. The van der Waals surface area contributed by atoms with E-state index in [2.05, 4.69) is 0 Å². The maximum absolute atomic E-state index is 11.1. The van der Waals surface area contributed by atoms with Gasteiger partial charge >= 0.3 is 11.7 Å². The molecule has 0 aliphatic heterocycles. The van der Waals surface area contributed by atoms with Crippen molar-refractivity contribution in [2.45, 2.75) is 19.8 Å². The predicted octanol–water partition coefficient (Wildman–Crippen LogP) is 2.48. The molecule has 1 rings (SSSR count). The number of unbranched alkanes of at least 4 members (excludes halogenated alkanes) is 1. The third-order valence-electron chi connectivity index (χ3n) is 2.45. The Balaban J connectivity index is 3.28. The molecular weight excluding hydrogens is 254 g/mol. The van der Waals surface area contributed by atoms with E-state index in [-0.39, 0.29) is 23.7 Å². The number of ether oxygens (including phenoxy) is 2. The molecular formula is C12H15NO6. The van der Waals surface area contributed by atoms with E-state index in [0.717, 1.165) is 12.5 Å². The normalized spacial score (nSPS) is 10.0. The van der Waals surface area contributed by atoms with E-state index in [0.29, 0.717) is 6.42 Å².